The zero-order valence-electron chi connectivity index (χ0n) is 14.0. The molecule has 0 heterocycles. The van der Waals surface area contributed by atoms with Crippen molar-refractivity contribution in [3.63, 3.8) is 0 Å². The van der Waals surface area contributed by atoms with E-state index in [1.54, 1.807) is 12.1 Å². The molecule has 25 heavy (non-hydrogen) atoms. The van der Waals surface area contributed by atoms with E-state index in [-0.39, 0.29) is 12.1 Å². The Hall–Kier alpha value is -2.51. The van der Waals surface area contributed by atoms with Crippen LogP contribution in [0.1, 0.15) is 21.5 Å². The number of halogens is 1. The Morgan fingerprint density at radius 1 is 1.24 bits per heavy atom. The highest BCUT2D eigenvalue weighted by Crippen LogP contribution is 2.21. The van der Waals surface area contributed by atoms with Crippen LogP contribution in [0, 0.1) is 19.7 Å². The van der Waals surface area contributed by atoms with E-state index in [0.29, 0.717) is 5.69 Å². The Morgan fingerprint density at radius 3 is 2.64 bits per heavy atom. The highest BCUT2D eigenvalue weighted by atomic mass is 32.2. The Bertz CT molecular complexity index is 924. The molecule has 2 aromatic rings. The van der Waals surface area contributed by atoms with Gasteiger partial charge in [0, 0.05) is 17.8 Å². The van der Waals surface area contributed by atoms with Crippen LogP contribution in [0.2, 0.25) is 0 Å². The summed E-state index contributed by atoms with van der Waals surface area (Å²) in [5.74, 6) is -1.45. The van der Waals surface area contributed by atoms with Crippen molar-refractivity contribution in [1.29, 1.82) is 0 Å². The summed E-state index contributed by atoms with van der Waals surface area (Å²) in [4.78, 5) is 11.8. The van der Waals surface area contributed by atoms with Gasteiger partial charge in [0.05, 0.1) is 0 Å². The van der Waals surface area contributed by atoms with Gasteiger partial charge in [-0.25, -0.2) is 17.5 Å². The number of hydrogen-bond acceptors (Lipinski definition) is 3. The molecule has 0 spiro atoms. The van der Waals surface area contributed by atoms with Gasteiger partial charge in [0.1, 0.15) is 10.7 Å². The number of rotatable bonds is 6. The molecular weight excluding hydrogens is 343 g/mol. The fourth-order valence-electron chi connectivity index (χ4n) is 2.18. The summed E-state index contributed by atoms with van der Waals surface area (Å²) in [6.07, 6.45) is 1.34. The van der Waals surface area contributed by atoms with E-state index in [1.807, 2.05) is 19.9 Å². The fourth-order valence-corrected chi connectivity index (χ4v) is 3.28. The lowest BCUT2D eigenvalue weighted by Crippen LogP contribution is -2.25. The lowest BCUT2D eigenvalue weighted by Gasteiger charge is -2.12. The summed E-state index contributed by atoms with van der Waals surface area (Å²) < 4.78 is 40.3. The summed E-state index contributed by atoms with van der Waals surface area (Å²) in [5.41, 5.74) is 2.57. The summed E-state index contributed by atoms with van der Waals surface area (Å²) in [6, 6.07) is 8.67. The van der Waals surface area contributed by atoms with Gasteiger partial charge in [-0.05, 0) is 49.2 Å². The molecule has 132 valence electrons. The van der Waals surface area contributed by atoms with Crippen LogP contribution in [0.3, 0.4) is 0 Å². The van der Waals surface area contributed by atoms with Gasteiger partial charge in [0.25, 0.3) is 5.91 Å². The molecule has 0 atom stereocenters. The molecular formula is C18H19FN2O3S. The molecule has 0 fully saturated rings. The molecule has 0 radical (unpaired) electrons. The van der Waals surface area contributed by atoms with Gasteiger partial charge >= 0.3 is 0 Å². The van der Waals surface area contributed by atoms with Gasteiger partial charge in [0.2, 0.25) is 10.0 Å². The van der Waals surface area contributed by atoms with Crippen molar-refractivity contribution >= 4 is 21.6 Å². The number of aryl methyl sites for hydroxylation is 1. The topological polar surface area (TPSA) is 75.3 Å². The van der Waals surface area contributed by atoms with E-state index >= 15 is 0 Å². The second kappa shape index (κ2) is 7.58. The number of hydrogen-bond donors (Lipinski definition) is 2. The predicted molar refractivity (Wildman–Crippen MR) is 95.7 cm³/mol. The first kappa shape index (κ1) is 18.8. The fraction of sp³-hybridized carbons (Fsp3) is 0.167. The summed E-state index contributed by atoms with van der Waals surface area (Å²) in [7, 11) is -4.07. The summed E-state index contributed by atoms with van der Waals surface area (Å²) in [5, 5.41) is 2.72. The molecule has 0 aromatic heterocycles. The molecule has 0 aliphatic rings. The first-order valence-electron chi connectivity index (χ1n) is 7.54. The lowest BCUT2D eigenvalue weighted by molar-refractivity contribution is 0.102. The van der Waals surface area contributed by atoms with Crippen LogP contribution in [0.4, 0.5) is 10.1 Å². The molecule has 1 amide bonds. The minimum Gasteiger partial charge on any atom is -0.322 e. The lowest BCUT2D eigenvalue weighted by atomic mass is 10.1. The van der Waals surface area contributed by atoms with E-state index in [1.165, 1.54) is 12.1 Å². The van der Waals surface area contributed by atoms with E-state index in [0.717, 1.165) is 23.3 Å². The van der Waals surface area contributed by atoms with Crippen molar-refractivity contribution in [2.45, 2.75) is 18.7 Å². The van der Waals surface area contributed by atoms with E-state index < -0.39 is 26.6 Å². The Labute approximate surface area is 146 Å². The smallest absolute Gasteiger partial charge is 0.255 e. The van der Waals surface area contributed by atoms with Crippen LogP contribution >= 0.6 is 0 Å². The van der Waals surface area contributed by atoms with E-state index in [2.05, 4.69) is 16.6 Å². The van der Waals surface area contributed by atoms with Crippen LogP contribution in [0.15, 0.2) is 53.9 Å². The zero-order valence-corrected chi connectivity index (χ0v) is 14.8. The van der Waals surface area contributed by atoms with Crippen molar-refractivity contribution in [3.05, 3.63) is 71.6 Å². The number of carbonyl (C=O) groups excluding carboxylic acids is 1. The Kier molecular flexibility index (Phi) is 5.71. The first-order valence-corrected chi connectivity index (χ1v) is 9.02. The predicted octanol–water partition coefficient (Wildman–Crippen LogP) is 3.16. The third-order valence-corrected chi connectivity index (χ3v) is 5.19. The van der Waals surface area contributed by atoms with Crippen molar-refractivity contribution in [1.82, 2.24) is 4.72 Å². The quantitative estimate of drug-likeness (QED) is 0.775. The van der Waals surface area contributed by atoms with Crippen molar-refractivity contribution in [3.8, 4) is 0 Å². The van der Waals surface area contributed by atoms with Crippen LogP contribution in [-0.4, -0.2) is 20.9 Å². The average Bonchev–Trinajstić information content (AvgIpc) is 2.57. The molecule has 0 unspecified atom stereocenters. The van der Waals surface area contributed by atoms with Crippen LogP contribution in [0.5, 0.6) is 0 Å². The maximum atomic E-state index is 13.9. The van der Waals surface area contributed by atoms with Crippen molar-refractivity contribution in [2.75, 3.05) is 11.9 Å². The number of benzene rings is 2. The first-order chi connectivity index (χ1) is 11.8. The van der Waals surface area contributed by atoms with Gasteiger partial charge in [-0.3, -0.25) is 4.79 Å². The second-order valence-corrected chi connectivity index (χ2v) is 7.22. The Balaban J connectivity index is 2.34. The molecule has 0 bridgehead atoms. The van der Waals surface area contributed by atoms with Gasteiger partial charge in [-0.1, -0.05) is 18.2 Å². The number of nitrogens with one attached hydrogen (secondary N) is 2. The van der Waals surface area contributed by atoms with E-state index in [4.69, 9.17) is 0 Å². The van der Waals surface area contributed by atoms with Gasteiger partial charge in [-0.15, -0.1) is 6.58 Å². The Morgan fingerprint density at radius 2 is 1.96 bits per heavy atom. The second-order valence-electron chi connectivity index (χ2n) is 5.49. The number of amides is 1. The number of sulfonamides is 1. The normalized spacial score (nSPS) is 11.2. The molecule has 2 aromatic carbocycles. The van der Waals surface area contributed by atoms with Gasteiger partial charge < -0.3 is 5.32 Å². The number of anilines is 1. The highest BCUT2D eigenvalue weighted by molar-refractivity contribution is 7.89. The molecule has 0 saturated carbocycles. The average molecular weight is 362 g/mol. The van der Waals surface area contributed by atoms with Crippen molar-refractivity contribution < 1.29 is 17.6 Å². The van der Waals surface area contributed by atoms with Gasteiger partial charge in [0.15, 0.2) is 0 Å². The molecule has 5 nitrogen and oxygen atoms in total. The summed E-state index contributed by atoms with van der Waals surface area (Å²) in [6.45, 7) is 7.14. The molecule has 0 aliphatic carbocycles. The monoisotopic (exact) mass is 362 g/mol. The van der Waals surface area contributed by atoms with E-state index in [9.17, 15) is 17.6 Å². The third-order valence-electron chi connectivity index (χ3n) is 3.75. The van der Waals surface area contributed by atoms with Crippen molar-refractivity contribution in [2.24, 2.45) is 0 Å². The van der Waals surface area contributed by atoms with Crippen LogP contribution in [0.25, 0.3) is 0 Å². The molecule has 0 aliphatic heterocycles. The minimum atomic E-state index is -4.07. The molecule has 7 heteroatoms. The van der Waals surface area contributed by atoms with Crippen LogP contribution < -0.4 is 10.0 Å². The number of carbonyl (C=O) groups is 1. The standard InChI is InChI=1S/C18H19FN2O3S/c1-4-10-20-25(23,24)17-11-14(8-9-15(17)19)18(22)21-16-7-5-6-12(2)13(16)3/h4-9,11,20H,1,10H2,2-3H3,(H,21,22). The zero-order chi connectivity index (χ0) is 18.6. The molecule has 2 N–H and O–H groups in total. The minimum absolute atomic E-state index is 0.0410. The third kappa shape index (κ3) is 4.32. The van der Waals surface area contributed by atoms with Crippen LogP contribution in [-0.2, 0) is 10.0 Å². The van der Waals surface area contributed by atoms with Gasteiger partial charge in [-0.2, -0.15) is 0 Å². The maximum Gasteiger partial charge on any atom is 0.255 e. The maximum absolute atomic E-state index is 13.9. The molecule has 2 rings (SSSR count). The highest BCUT2D eigenvalue weighted by Gasteiger charge is 2.20. The molecule has 0 saturated heterocycles. The largest absolute Gasteiger partial charge is 0.322 e. The SMILES string of the molecule is C=CCNS(=O)(=O)c1cc(C(=O)Nc2cccc(C)c2C)ccc1F. The summed E-state index contributed by atoms with van der Waals surface area (Å²) >= 11 is 0.